The van der Waals surface area contributed by atoms with Crippen LogP contribution in [-0.2, 0) is 0 Å². The van der Waals surface area contributed by atoms with E-state index < -0.39 is 24.2 Å². The number of nitrogens with zero attached hydrogens (tertiary/aromatic N) is 2. The van der Waals surface area contributed by atoms with Crippen LogP contribution < -0.4 is 0 Å². The molecule has 26 heavy (non-hydrogen) atoms. The van der Waals surface area contributed by atoms with Crippen LogP contribution in [0, 0.1) is 0 Å². The first-order valence-electron chi connectivity index (χ1n) is 7.34. The van der Waals surface area contributed by atoms with Crippen LogP contribution in [0.15, 0.2) is 62.6 Å². The lowest BCUT2D eigenvalue weighted by Crippen LogP contribution is -2.56. The second-order valence-electron chi connectivity index (χ2n) is 5.67. The molecule has 4 nitrogen and oxygen atoms in total. The first-order chi connectivity index (χ1) is 12.1. The molecule has 0 saturated heterocycles. The summed E-state index contributed by atoms with van der Waals surface area (Å²) >= 11 is 6.41. The predicted molar refractivity (Wildman–Crippen MR) is 96.6 cm³/mol. The van der Waals surface area contributed by atoms with Crippen molar-refractivity contribution in [2.24, 2.45) is 5.10 Å². The largest absolute Gasteiger partial charge is 0.438 e. The lowest BCUT2D eigenvalue weighted by atomic mass is 10.0. The summed E-state index contributed by atoms with van der Waals surface area (Å²) in [5.41, 5.74) is -3.07. The fraction of sp³-hybridized carbons (Fsp3) is 0.176. The highest BCUT2D eigenvalue weighted by Crippen LogP contribution is 2.42. The summed E-state index contributed by atoms with van der Waals surface area (Å²) in [7, 11) is 0. The van der Waals surface area contributed by atoms with Crippen LogP contribution in [0.4, 0.5) is 13.2 Å². The van der Waals surface area contributed by atoms with Crippen LogP contribution in [0.1, 0.15) is 22.3 Å². The molecule has 1 N–H and O–H groups in total. The summed E-state index contributed by atoms with van der Waals surface area (Å²) in [6.45, 7) is 0. The van der Waals surface area contributed by atoms with Crippen LogP contribution in [0.2, 0.25) is 0 Å². The minimum Gasteiger partial charge on any atom is -0.362 e. The maximum atomic E-state index is 13.6. The number of hydrogen-bond acceptors (Lipinski definition) is 3. The third kappa shape index (κ3) is 3.43. The molecule has 2 aromatic carbocycles. The highest BCUT2D eigenvalue weighted by Gasteiger charge is 2.63. The molecule has 0 aliphatic carbocycles. The first kappa shape index (κ1) is 19.1. The number of benzene rings is 2. The molecule has 0 spiro atoms. The van der Waals surface area contributed by atoms with Crippen LogP contribution in [0.25, 0.3) is 0 Å². The van der Waals surface area contributed by atoms with E-state index in [9.17, 15) is 23.1 Å². The second-order valence-corrected chi connectivity index (χ2v) is 7.50. The molecule has 2 aromatic rings. The highest BCUT2D eigenvalue weighted by atomic mass is 79.9. The van der Waals surface area contributed by atoms with Crippen LogP contribution in [-0.4, -0.2) is 33.6 Å². The third-order valence-corrected chi connectivity index (χ3v) is 4.90. The standard InChI is InChI=1S/C17H11Br2F3N2O2/c18-12-6-4-10(5-7-12)14-9-16(26,17(20,21)22)24(23-14)15(25)11-2-1-3-13(19)8-11/h1-8,26H,9H2. The predicted octanol–water partition coefficient (Wildman–Crippen LogP) is 4.71. The SMILES string of the molecule is O=C(c1cccc(Br)c1)N1N=C(c2ccc(Br)cc2)CC1(O)C(F)(F)F. The van der Waals surface area contributed by atoms with Crippen molar-refractivity contribution in [2.45, 2.75) is 18.3 Å². The van der Waals surface area contributed by atoms with Crippen molar-refractivity contribution in [1.29, 1.82) is 0 Å². The van der Waals surface area contributed by atoms with Gasteiger partial charge in [-0.05, 0) is 35.9 Å². The van der Waals surface area contributed by atoms with E-state index >= 15 is 0 Å². The molecule has 0 fully saturated rings. The minimum atomic E-state index is -5.07. The van der Waals surface area contributed by atoms with Gasteiger partial charge in [0.15, 0.2) is 0 Å². The molecular formula is C17H11Br2F3N2O2. The average molecular weight is 492 g/mol. The molecule has 9 heteroatoms. The number of carbonyl (C=O) groups is 1. The summed E-state index contributed by atoms with van der Waals surface area (Å²) in [6.07, 6.45) is -5.92. The molecule has 1 aliphatic heterocycles. The van der Waals surface area contributed by atoms with Gasteiger partial charge < -0.3 is 5.11 Å². The Bertz CT molecular complexity index is 884. The molecule has 0 saturated carbocycles. The number of halogens is 5. The van der Waals surface area contributed by atoms with Crippen LogP contribution >= 0.6 is 31.9 Å². The number of hydrogen-bond donors (Lipinski definition) is 1. The van der Waals surface area contributed by atoms with Crippen molar-refractivity contribution in [3.63, 3.8) is 0 Å². The van der Waals surface area contributed by atoms with E-state index in [1.165, 1.54) is 18.2 Å². The van der Waals surface area contributed by atoms with E-state index in [4.69, 9.17) is 0 Å². The van der Waals surface area contributed by atoms with Gasteiger partial charge >= 0.3 is 6.18 Å². The lowest BCUT2D eigenvalue weighted by molar-refractivity contribution is -0.297. The van der Waals surface area contributed by atoms with Crippen molar-refractivity contribution >= 4 is 43.5 Å². The third-order valence-electron chi connectivity index (χ3n) is 3.88. The van der Waals surface area contributed by atoms with E-state index in [1.807, 2.05) is 0 Å². The Balaban J connectivity index is 2.05. The van der Waals surface area contributed by atoms with E-state index in [2.05, 4.69) is 37.0 Å². The van der Waals surface area contributed by atoms with Crippen LogP contribution in [0.5, 0.6) is 0 Å². The van der Waals surface area contributed by atoms with Gasteiger partial charge in [0.1, 0.15) is 0 Å². The average Bonchev–Trinajstić information content (AvgIpc) is 2.94. The van der Waals surface area contributed by atoms with E-state index in [0.29, 0.717) is 10.0 Å². The molecule has 0 aromatic heterocycles. The van der Waals surface area contributed by atoms with Crippen molar-refractivity contribution in [1.82, 2.24) is 5.01 Å². The van der Waals surface area contributed by atoms with Gasteiger partial charge in [0.25, 0.3) is 11.6 Å². The fourth-order valence-corrected chi connectivity index (χ4v) is 3.19. The number of rotatable bonds is 2. The Kier molecular flexibility index (Phi) is 4.98. The highest BCUT2D eigenvalue weighted by molar-refractivity contribution is 9.10. The number of hydrazone groups is 1. The number of aliphatic hydroxyl groups is 1. The zero-order valence-electron chi connectivity index (χ0n) is 13.0. The van der Waals surface area contributed by atoms with Crippen molar-refractivity contribution in [3.05, 3.63) is 68.6 Å². The molecule has 1 heterocycles. The first-order valence-corrected chi connectivity index (χ1v) is 8.93. The summed E-state index contributed by atoms with van der Waals surface area (Å²) in [5, 5.41) is 14.3. The molecule has 0 radical (unpaired) electrons. The fourth-order valence-electron chi connectivity index (χ4n) is 2.53. The molecule has 0 bridgehead atoms. The number of alkyl halides is 3. The molecule has 136 valence electrons. The van der Waals surface area contributed by atoms with Gasteiger partial charge in [-0.1, -0.05) is 50.1 Å². The Labute approximate surface area is 163 Å². The summed E-state index contributed by atoms with van der Waals surface area (Å²) in [4.78, 5) is 12.6. The molecule has 1 aliphatic rings. The summed E-state index contributed by atoms with van der Waals surface area (Å²) in [5.74, 6) is -1.04. The maximum Gasteiger partial charge on any atom is 0.438 e. The topological polar surface area (TPSA) is 52.9 Å². The van der Waals surface area contributed by atoms with E-state index in [-0.39, 0.29) is 16.3 Å². The number of amides is 1. The smallest absolute Gasteiger partial charge is 0.362 e. The van der Waals surface area contributed by atoms with Crippen molar-refractivity contribution in [3.8, 4) is 0 Å². The quantitative estimate of drug-likeness (QED) is 0.661. The normalized spacial score (nSPS) is 20.2. The second kappa shape index (κ2) is 6.79. The molecular weight excluding hydrogens is 481 g/mol. The molecule has 1 atom stereocenters. The summed E-state index contributed by atoms with van der Waals surface area (Å²) in [6, 6.07) is 12.3. The Hall–Kier alpha value is -1.71. The van der Waals surface area contributed by atoms with E-state index in [0.717, 1.165) is 4.47 Å². The Morgan fingerprint density at radius 2 is 1.77 bits per heavy atom. The van der Waals surface area contributed by atoms with Crippen molar-refractivity contribution in [2.75, 3.05) is 0 Å². The lowest BCUT2D eigenvalue weighted by Gasteiger charge is -2.32. The van der Waals surface area contributed by atoms with Gasteiger partial charge in [0.2, 0.25) is 0 Å². The van der Waals surface area contributed by atoms with Gasteiger partial charge in [-0.25, -0.2) is 0 Å². The zero-order chi connectivity index (χ0) is 19.1. The van der Waals surface area contributed by atoms with Gasteiger partial charge in [0, 0.05) is 14.5 Å². The minimum absolute atomic E-state index is 0.0251. The van der Waals surface area contributed by atoms with E-state index in [1.54, 1.807) is 30.3 Å². The molecule has 3 rings (SSSR count). The van der Waals surface area contributed by atoms with Crippen molar-refractivity contribution < 1.29 is 23.1 Å². The van der Waals surface area contributed by atoms with Gasteiger partial charge in [0.05, 0.1) is 12.1 Å². The van der Waals surface area contributed by atoms with Gasteiger partial charge in [-0.15, -0.1) is 0 Å². The summed E-state index contributed by atoms with van der Waals surface area (Å²) < 4.78 is 42.0. The zero-order valence-corrected chi connectivity index (χ0v) is 16.1. The number of carbonyl (C=O) groups excluding carboxylic acids is 1. The molecule has 1 unspecified atom stereocenters. The Morgan fingerprint density at radius 3 is 2.35 bits per heavy atom. The maximum absolute atomic E-state index is 13.6. The Morgan fingerprint density at radius 1 is 1.12 bits per heavy atom. The molecule has 1 amide bonds. The monoisotopic (exact) mass is 490 g/mol. The van der Waals surface area contributed by atoms with Gasteiger partial charge in [-0.3, -0.25) is 4.79 Å². The van der Waals surface area contributed by atoms with Gasteiger partial charge in [-0.2, -0.15) is 23.3 Å². The van der Waals surface area contributed by atoms with Crippen LogP contribution in [0.3, 0.4) is 0 Å².